The van der Waals surface area contributed by atoms with E-state index in [2.05, 4.69) is 0 Å². The van der Waals surface area contributed by atoms with Gasteiger partial charge in [-0.1, -0.05) is 42.5 Å². The molecule has 0 bridgehead atoms. The molecule has 1 aliphatic heterocycles. The molecule has 3 N–H and O–H groups in total. The molecule has 3 aromatic carbocycles. The van der Waals surface area contributed by atoms with E-state index in [1.807, 2.05) is 42.5 Å². The Balaban J connectivity index is 1.36. The molecule has 1 fully saturated rings. The summed E-state index contributed by atoms with van der Waals surface area (Å²) in [6.07, 6.45) is -2.70. The molecule has 11 heteroatoms. The molecule has 37 heavy (non-hydrogen) atoms. The van der Waals surface area contributed by atoms with Gasteiger partial charge in [-0.3, -0.25) is 9.05 Å². The fourth-order valence-electron chi connectivity index (χ4n) is 3.77. The summed E-state index contributed by atoms with van der Waals surface area (Å²) in [5.41, 5.74) is 6.26. The smallest absolute Gasteiger partial charge is 0.472 e. The van der Waals surface area contributed by atoms with Gasteiger partial charge >= 0.3 is 14.0 Å². The summed E-state index contributed by atoms with van der Waals surface area (Å²) in [6, 6.07) is 19.4. The Morgan fingerprint density at radius 3 is 2.22 bits per heavy atom. The summed E-state index contributed by atoms with van der Waals surface area (Å²) in [5, 5.41) is 0. The van der Waals surface area contributed by atoms with Gasteiger partial charge in [0.25, 0.3) is 0 Å². The Morgan fingerprint density at radius 2 is 1.57 bits per heavy atom. The Labute approximate surface area is 212 Å². The van der Waals surface area contributed by atoms with E-state index in [0.717, 1.165) is 23.3 Å². The molecule has 0 unspecified atom stereocenters. The predicted molar refractivity (Wildman–Crippen MR) is 130 cm³/mol. The summed E-state index contributed by atoms with van der Waals surface area (Å²) in [6.45, 7) is -0.0128. The maximum absolute atomic E-state index is 13.5. The number of hydrogen-bond acceptors (Lipinski definition) is 6. The van der Waals surface area contributed by atoms with E-state index in [0.29, 0.717) is 25.0 Å². The van der Waals surface area contributed by atoms with Gasteiger partial charge in [0, 0.05) is 6.07 Å². The van der Waals surface area contributed by atoms with Crippen LogP contribution in [0.2, 0.25) is 0 Å². The normalized spacial score (nSPS) is 22.0. The van der Waals surface area contributed by atoms with Gasteiger partial charge < -0.3 is 20.1 Å². The number of rotatable bonds is 9. The first-order valence-electron chi connectivity index (χ1n) is 11.6. The second kappa shape index (κ2) is 11.2. The van der Waals surface area contributed by atoms with Gasteiger partial charge in [0.1, 0.15) is 23.9 Å². The molecular weight excluding hydrogens is 510 g/mol. The van der Waals surface area contributed by atoms with Crippen LogP contribution in [0.1, 0.15) is 29.5 Å². The predicted octanol–water partition coefficient (Wildman–Crippen LogP) is 6.24. The summed E-state index contributed by atoms with van der Waals surface area (Å²) in [7, 11) is -3.99. The molecule has 4 rings (SSSR count). The molecule has 0 atom stereocenters. The van der Waals surface area contributed by atoms with Gasteiger partial charge in [-0.05, 0) is 54.7 Å². The molecule has 0 amide bonds. The molecule has 3 aromatic rings. The van der Waals surface area contributed by atoms with Crippen LogP contribution >= 0.6 is 7.82 Å². The van der Waals surface area contributed by atoms with Crippen LogP contribution in [0, 0.1) is 0 Å². The van der Waals surface area contributed by atoms with Crippen molar-refractivity contribution in [3.8, 4) is 17.2 Å². The zero-order valence-corrected chi connectivity index (χ0v) is 20.7. The number of benzene rings is 3. The van der Waals surface area contributed by atoms with Crippen molar-refractivity contribution >= 4 is 7.82 Å². The van der Waals surface area contributed by atoms with E-state index < -0.39 is 25.1 Å². The van der Waals surface area contributed by atoms with Crippen LogP contribution < -0.4 is 15.2 Å². The molecule has 0 saturated carbocycles. The van der Waals surface area contributed by atoms with Gasteiger partial charge in [-0.2, -0.15) is 13.2 Å². The van der Waals surface area contributed by atoms with E-state index in [-0.39, 0.29) is 31.3 Å². The Bertz CT molecular complexity index is 1230. The lowest BCUT2D eigenvalue weighted by atomic mass is 9.94. The second-order valence-electron chi connectivity index (χ2n) is 8.94. The minimum absolute atomic E-state index is 0.00850. The highest BCUT2D eigenvalue weighted by atomic mass is 31.2. The topological polar surface area (TPSA) is 100 Å². The number of halogens is 3. The highest BCUT2D eigenvalue weighted by molar-refractivity contribution is 7.47. The number of alkyl halides is 3. The molecule has 0 radical (unpaired) electrons. The minimum Gasteiger partial charge on any atom is -0.489 e. The Hall–Kier alpha value is -2.88. The van der Waals surface area contributed by atoms with Crippen LogP contribution in [-0.4, -0.2) is 23.6 Å². The summed E-state index contributed by atoms with van der Waals surface area (Å²) in [5.74, 6) is 0.434. The third-order valence-electron chi connectivity index (χ3n) is 5.79. The van der Waals surface area contributed by atoms with Crippen LogP contribution in [0.15, 0.2) is 72.8 Å². The van der Waals surface area contributed by atoms with Crippen LogP contribution in [0.4, 0.5) is 13.2 Å². The van der Waals surface area contributed by atoms with Crippen molar-refractivity contribution in [1.29, 1.82) is 0 Å². The molecule has 198 valence electrons. The van der Waals surface area contributed by atoms with E-state index >= 15 is 0 Å². The molecule has 1 aliphatic rings. The number of hydrogen-bond donors (Lipinski definition) is 2. The SMILES string of the molecule is NC1(CCCc2ccc(Oc3cc(OCc4ccccc4)cc(C(F)(F)F)c3)cc2)COP(=O)(O)OC1. The lowest BCUT2D eigenvalue weighted by Crippen LogP contribution is -2.50. The lowest BCUT2D eigenvalue weighted by Gasteiger charge is -2.34. The van der Waals surface area contributed by atoms with Gasteiger partial charge in [-0.25, -0.2) is 4.57 Å². The number of phosphoric ester groups is 1. The molecule has 1 heterocycles. The molecule has 7 nitrogen and oxygen atoms in total. The average Bonchev–Trinajstić information content (AvgIpc) is 2.86. The van der Waals surface area contributed by atoms with Gasteiger partial charge in [-0.15, -0.1) is 0 Å². The quantitative estimate of drug-likeness (QED) is 0.312. The van der Waals surface area contributed by atoms with Crippen molar-refractivity contribution in [3.63, 3.8) is 0 Å². The largest absolute Gasteiger partial charge is 0.489 e. The average molecular weight is 537 g/mol. The monoisotopic (exact) mass is 537 g/mol. The first-order chi connectivity index (χ1) is 17.5. The van der Waals surface area contributed by atoms with E-state index in [1.165, 1.54) is 6.07 Å². The van der Waals surface area contributed by atoms with E-state index in [9.17, 15) is 22.6 Å². The summed E-state index contributed by atoms with van der Waals surface area (Å²) < 4.78 is 72.6. The Kier molecular flexibility index (Phi) is 8.26. The number of nitrogens with two attached hydrogens (primary N) is 1. The fraction of sp³-hybridized carbons (Fsp3) is 0.308. The molecule has 0 aromatic heterocycles. The van der Waals surface area contributed by atoms with Crippen LogP contribution in [0.25, 0.3) is 0 Å². The Morgan fingerprint density at radius 1 is 0.919 bits per heavy atom. The van der Waals surface area contributed by atoms with E-state index in [4.69, 9.17) is 24.3 Å². The maximum atomic E-state index is 13.5. The van der Waals surface area contributed by atoms with Crippen molar-refractivity contribution in [1.82, 2.24) is 0 Å². The third-order valence-corrected chi connectivity index (χ3v) is 6.70. The molecule has 0 aliphatic carbocycles. The number of aryl methyl sites for hydroxylation is 1. The first-order valence-corrected chi connectivity index (χ1v) is 13.1. The van der Waals surface area contributed by atoms with Gasteiger partial charge in [0.05, 0.1) is 24.3 Å². The molecule has 0 spiro atoms. The van der Waals surface area contributed by atoms with E-state index in [1.54, 1.807) is 12.1 Å². The highest BCUT2D eigenvalue weighted by Gasteiger charge is 2.38. The summed E-state index contributed by atoms with van der Waals surface area (Å²) >= 11 is 0. The zero-order chi connectivity index (χ0) is 26.5. The molecule has 1 saturated heterocycles. The van der Waals surface area contributed by atoms with Crippen molar-refractivity contribution in [2.45, 2.75) is 37.6 Å². The first kappa shape index (κ1) is 27.2. The maximum Gasteiger partial charge on any atom is 0.472 e. The fourth-order valence-corrected chi connectivity index (χ4v) is 4.68. The van der Waals surface area contributed by atoms with Crippen LogP contribution in [0.5, 0.6) is 17.2 Å². The number of ether oxygens (including phenoxy) is 2. The third kappa shape index (κ3) is 8.05. The lowest BCUT2D eigenvalue weighted by molar-refractivity contribution is -0.137. The van der Waals surface area contributed by atoms with Crippen molar-refractivity contribution in [3.05, 3.63) is 89.5 Å². The van der Waals surface area contributed by atoms with Crippen molar-refractivity contribution < 1.29 is 41.2 Å². The minimum atomic E-state index is -4.56. The van der Waals surface area contributed by atoms with Crippen molar-refractivity contribution in [2.75, 3.05) is 13.2 Å². The summed E-state index contributed by atoms with van der Waals surface area (Å²) in [4.78, 5) is 9.27. The standard InChI is InChI=1S/C26H27F3NO6P/c27-26(28,29)21-13-23(33-16-20-5-2-1-3-6-20)15-24(14-21)36-22-10-8-19(9-11-22)7-4-12-25(30)17-34-37(31,32)35-18-25/h1-3,5-6,8-11,13-15H,4,7,12,16-18,30H2,(H,31,32). The van der Waals surface area contributed by atoms with Crippen molar-refractivity contribution in [2.24, 2.45) is 5.73 Å². The highest BCUT2D eigenvalue weighted by Crippen LogP contribution is 2.48. The van der Waals surface area contributed by atoms with Crippen LogP contribution in [-0.2, 0) is 32.8 Å². The zero-order valence-electron chi connectivity index (χ0n) is 19.8. The second-order valence-corrected chi connectivity index (χ2v) is 10.4. The number of phosphoric acid groups is 1. The molecular formula is C26H27F3NO6P. The van der Waals surface area contributed by atoms with Gasteiger partial charge in [0.2, 0.25) is 0 Å². The van der Waals surface area contributed by atoms with Crippen LogP contribution in [0.3, 0.4) is 0 Å². The van der Waals surface area contributed by atoms with Gasteiger partial charge in [0.15, 0.2) is 0 Å².